The molecule has 1 saturated carbocycles. The smallest absolute Gasteiger partial charge is 0.277 e. The minimum atomic E-state index is -0.0619. The van der Waals surface area contributed by atoms with E-state index in [1.807, 2.05) is 12.1 Å². The highest BCUT2D eigenvalue weighted by molar-refractivity contribution is 7.99. The second-order valence-corrected chi connectivity index (χ2v) is 8.60. The third-order valence-electron chi connectivity index (χ3n) is 5.58. The predicted octanol–water partition coefficient (Wildman–Crippen LogP) is 4.84. The van der Waals surface area contributed by atoms with Gasteiger partial charge in [-0.15, -0.1) is 10.2 Å². The molecule has 0 unspecified atom stereocenters. The quantitative estimate of drug-likeness (QED) is 0.700. The van der Waals surface area contributed by atoms with Gasteiger partial charge in [0.1, 0.15) is 0 Å². The fourth-order valence-electron chi connectivity index (χ4n) is 4.03. The van der Waals surface area contributed by atoms with Gasteiger partial charge < -0.3 is 14.6 Å². The van der Waals surface area contributed by atoms with Gasteiger partial charge in [-0.1, -0.05) is 31.0 Å². The molecule has 6 nitrogen and oxygen atoms in total. The van der Waals surface area contributed by atoms with Crippen LogP contribution in [0.2, 0.25) is 0 Å². The molecule has 1 aromatic heterocycles. The van der Waals surface area contributed by atoms with Gasteiger partial charge in [0.25, 0.3) is 5.22 Å². The Bertz CT molecular complexity index is 765. The van der Waals surface area contributed by atoms with E-state index in [4.69, 9.17) is 4.42 Å². The summed E-state index contributed by atoms with van der Waals surface area (Å²) in [6.45, 7) is 2.24. The van der Waals surface area contributed by atoms with Crippen LogP contribution in [-0.2, 0) is 4.79 Å². The van der Waals surface area contributed by atoms with E-state index in [-0.39, 0.29) is 11.7 Å². The number of aromatic nitrogens is 2. The standard InChI is InChI=1S/C21H28N4O2S/c26-19(15-28-21-24-23-20(27-21)16-7-3-1-4-8-16)22-17-9-11-18(12-10-17)25-13-5-2-6-14-25/h9-12,16H,1-8,13-15H2,(H,22,26). The van der Waals surface area contributed by atoms with Crippen LogP contribution in [0, 0.1) is 0 Å². The predicted molar refractivity (Wildman–Crippen MR) is 112 cm³/mol. The molecule has 0 radical (unpaired) electrons. The molecule has 2 aliphatic rings. The molecule has 1 amide bonds. The maximum atomic E-state index is 12.2. The van der Waals surface area contributed by atoms with Crippen LogP contribution in [0.4, 0.5) is 11.4 Å². The van der Waals surface area contributed by atoms with E-state index in [0.29, 0.717) is 11.1 Å². The van der Waals surface area contributed by atoms with E-state index in [1.165, 1.54) is 56.0 Å². The minimum Gasteiger partial charge on any atom is -0.416 e. The van der Waals surface area contributed by atoms with Gasteiger partial charge in [-0.2, -0.15) is 0 Å². The molecule has 2 aromatic rings. The summed E-state index contributed by atoms with van der Waals surface area (Å²) in [4.78, 5) is 14.7. The van der Waals surface area contributed by atoms with Crippen molar-refractivity contribution in [3.8, 4) is 0 Å². The lowest BCUT2D eigenvalue weighted by molar-refractivity contribution is -0.113. The van der Waals surface area contributed by atoms with Crippen LogP contribution in [0.1, 0.15) is 63.2 Å². The van der Waals surface area contributed by atoms with E-state index in [1.54, 1.807) is 0 Å². The number of nitrogens with zero attached hydrogens (tertiary/aromatic N) is 3. The molecular formula is C21H28N4O2S. The third-order valence-corrected chi connectivity index (χ3v) is 6.39. The van der Waals surface area contributed by atoms with Gasteiger partial charge in [-0.3, -0.25) is 4.79 Å². The van der Waals surface area contributed by atoms with Gasteiger partial charge in [0.15, 0.2) is 0 Å². The zero-order valence-corrected chi connectivity index (χ0v) is 17.0. The van der Waals surface area contributed by atoms with E-state index >= 15 is 0 Å². The highest BCUT2D eigenvalue weighted by atomic mass is 32.2. The number of thioether (sulfide) groups is 1. The summed E-state index contributed by atoms with van der Waals surface area (Å²) in [5, 5.41) is 11.7. The summed E-state index contributed by atoms with van der Waals surface area (Å²) >= 11 is 1.30. The van der Waals surface area contributed by atoms with Gasteiger partial charge in [-0.05, 0) is 56.4 Å². The van der Waals surface area contributed by atoms with Gasteiger partial charge in [0, 0.05) is 30.4 Å². The Labute approximate surface area is 170 Å². The van der Waals surface area contributed by atoms with Crippen LogP contribution in [0.3, 0.4) is 0 Å². The molecular weight excluding hydrogens is 372 g/mol. The summed E-state index contributed by atoms with van der Waals surface area (Å²) in [5.41, 5.74) is 2.05. The van der Waals surface area contributed by atoms with E-state index < -0.39 is 0 Å². The Balaban J connectivity index is 1.24. The van der Waals surface area contributed by atoms with E-state index in [0.717, 1.165) is 37.5 Å². The molecule has 1 saturated heterocycles. The van der Waals surface area contributed by atoms with Gasteiger partial charge in [-0.25, -0.2) is 0 Å². The maximum Gasteiger partial charge on any atom is 0.277 e. The number of benzene rings is 1. The summed E-state index contributed by atoms with van der Waals surface area (Å²) in [6, 6.07) is 8.12. The second-order valence-electron chi connectivity index (χ2n) is 7.67. The zero-order chi connectivity index (χ0) is 19.2. The van der Waals surface area contributed by atoms with E-state index in [9.17, 15) is 4.79 Å². The first-order valence-electron chi connectivity index (χ1n) is 10.4. The number of rotatable bonds is 6. The van der Waals surface area contributed by atoms with Gasteiger partial charge >= 0.3 is 0 Å². The van der Waals surface area contributed by atoms with Crippen molar-refractivity contribution in [1.29, 1.82) is 0 Å². The zero-order valence-electron chi connectivity index (χ0n) is 16.2. The van der Waals surface area contributed by atoms with Crippen molar-refractivity contribution in [3.63, 3.8) is 0 Å². The lowest BCUT2D eigenvalue weighted by Crippen LogP contribution is -2.29. The number of carbonyl (C=O) groups is 1. The van der Waals surface area contributed by atoms with Crippen molar-refractivity contribution in [3.05, 3.63) is 30.2 Å². The average Bonchev–Trinajstić information content (AvgIpc) is 3.23. The number of nitrogens with one attached hydrogen (secondary N) is 1. The number of carbonyl (C=O) groups excluding carboxylic acids is 1. The molecule has 1 N–H and O–H groups in total. The summed E-state index contributed by atoms with van der Waals surface area (Å²) in [6.07, 6.45) is 9.85. The van der Waals surface area contributed by atoms with Crippen LogP contribution in [0.25, 0.3) is 0 Å². The molecule has 0 bridgehead atoms. The molecule has 4 rings (SSSR count). The first-order valence-corrected chi connectivity index (χ1v) is 11.4. The number of hydrogen-bond donors (Lipinski definition) is 1. The van der Waals surface area contributed by atoms with Crippen molar-refractivity contribution in [2.24, 2.45) is 0 Å². The third kappa shape index (κ3) is 5.07. The summed E-state index contributed by atoms with van der Waals surface area (Å²) < 4.78 is 5.76. The van der Waals surface area contributed by atoms with Crippen molar-refractivity contribution in [2.45, 2.75) is 62.5 Å². The highest BCUT2D eigenvalue weighted by Crippen LogP contribution is 2.33. The Morgan fingerprint density at radius 3 is 2.50 bits per heavy atom. The minimum absolute atomic E-state index is 0.0619. The van der Waals surface area contributed by atoms with Crippen molar-refractivity contribution in [2.75, 3.05) is 29.1 Å². The summed E-state index contributed by atoms with van der Waals surface area (Å²) in [5.74, 6) is 1.33. The fraction of sp³-hybridized carbons (Fsp3) is 0.571. The molecule has 28 heavy (non-hydrogen) atoms. The Hall–Kier alpha value is -2.02. The largest absolute Gasteiger partial charge is 0.416 e. The summed E-state index contributed by atoms with van der Waals surface area (Å²) in [7, 11) is 0. The molecule has 0 spiro atoms. The lowest BCUT2D eigenvalue weighted by Gasteiger charge is -2.28. The van der Waals surface area contributed by atoms with Crippen molar-refractivity contribution >= 4 is 29.0 Å². The lowest BCUT2D eigenvalue weighted by atomic mass is 9.89. The molecule has 0 atom stereocenters. The Morgan fingerprint density at radius 1 is 1.04 bits per heavy atom. The van der Waals surface area contributed by atoms with Crippen LogP contribution >= 0.6 is 11.8 Å². The van der Waals surface area contributed by atoms with Crippen molar-refractivity contribution in [1.82, 2.24) is 10.2 Å². The monoisotopic (exact) mass is 400 g/mol. The normalized spacial score (nSPS) is 18.2. The van der Waals surface area contributed by atoms with Crippen LogP contribution < -0.4 is 10.2 Å². The molecule has 2 fully saturated rings. The number of amides is 1. The van der Waals surface area contributed by atoms with Crippen LogP contribution in [0.5, 0.6) is 0 Å². The molecule has 1 aliphatic carbocycles. The van der Waals surface area contributed by atoms with Gasteiger partial charge in [0.2, 0.25) is 11.8 Å². The number of piperidine rings is 1. The maximum absolute atomic E-state index is 12.2. The fourth-order valence-corrected chi connectivity index (χ4v) is 4.59. The van der Waals surface area contributed by atoms with E-state index in [2.05, 4.69) is 32.5 Å². The number of hydrogen-bond acceptors (Lipinski definition) is 6. The molecule has 2 heterocycles. The SMILES string of the molecule is O=C(CSc1nnc(C2CCCCC2)o1)Nc1ccc(N2CCCCC2)cc1. The first kappa shape index (κ1) is 19.3. The Morgan fingerprint density at radius 2 is 1.75 bits per heavy atom. The molecule has 150 valence electrons. The van der Waals surface area contributed by atoms with Crippen molar-refractivity contribution < 1.29 is 9.21 Å². The molecule has 1 aliphatic heterocycles. The second kappa shape index (κ2) is 9.45. The highest BCUT2D eigenvalue weighted by Gasteiger charge is 2.21. The topological polar surface area (TPSA) is 71.3 Å². The van der Waals surface area contributed by atoms with Gasteiger partial charge in [0.05, 0.1) is 5.75 Å². The molecule has 1 aromatic carbocycles. The molecule has 7 heteroatoms. The average molecular weight is 401 g/mol. The van der Waals surface area contributed by atoms with Crippen LogP contribution in [-0.4, -0.2) is 34.9 Å². The number of anilines is 2. The Kier molecular flexibility index (Phi) is 6.52. The first-order chi connectivity index (χ1) is 13.8. The van der Waals surface area contributed by atoms with Crippen LogP contribution in [0.15, 0.2) is 33.9 Å².